The summed E-state index contributed by atoms with van der Waals surface area (Å²) in [4.78, 5) is 10.9. The molecule has 3 nitrogen and oxygen atoms in total. The van der Waals surface area contributed by atoms with Gasteiger partial charge in [-0.25, -0.2) is 4.68 Å². The Hall–Kier alpha value is -1.32. The third kappa shape index (κ3) is 2.21. The van der Waals surface area contributed by atoms with Crippen molar-refractivity contribution in [3.63, 3.8) is 0 Å². The van der Waals surface area contributed by atoms with Crippen LogP contribution in [0.5, 0.6) is 0 Å². The summed E-state index contributed by atoms with van der Waals surface area (Å²) in [6.45, 7) is 1.93. The molecule has 1 aromatic carbocycles. The molecule has 1 aromatic heterocycles. The fraction of sp³-hybridized carbons (Fsp3) is 0.167. The average molecular weight is 269 g/mol. The summed E-state index contributed by atoms with van der Waals surface area (Å²) < 4.78 is 1.54. The molecule has 0 radical (unpaired) electrons. The first kappa shape index (κ1) is 12.1. The van der Waals surface area contributed by atoms with Gasteiger partial charge in [0.25, 0.3) is 0 Å². The van der Waals surface area contributed by atoms with Gasteiger partial charge in [0.1, 0.15) is 5.15 Å². The van der Waals surface area contributed by atoms with Crippen molar-refractivity contribution in [2.24, 2.45) is 0 Å². The molecular formula is C12H10Cl2N2O. The standard InChI is InChI=1S/C12H10Cl2N2O/c1-2-11-10(7-17)12(14)16(15-11)9-5-3-8(13)4-6-9/h3-7H,2H2,1H3. The van der Waals surface area contributed by atoms with Crippen molar-refractivity contribution in [1.29, 1.82) is 0 Å². The van der Waals surface area contributed by atoms with Gasteiger partial charge >= 0.3 is 0 Å². The highest BCUT2D eigenvalue weighted by molar-refractivity contribution is 6.32. The number of halogens is 2. The molecule has 0 atom stereocenters. The quantitative estimate of drug-likeness (QED) is 0.798. The second-order valence-electron chi connectivity index (χ2n) is 3.51. The number of rotatable bonds is 3. The predicted octanol–water partition coefficient (Wildman–Crippen LogP) is 3.55. The van der Waals surface area contributed by atoms with E-state index in [0.717, 1.165) is 12.0 Å². The molecule has 0 unspecified atom stereocenters. The maximum atomic E-state index is 10.9. The van der Waals surface area contributed by atoms with Gasteiger partial charge in [-0.3, -0.25) is 4.79 Å². The molecular weight excluding hydrogens is 259 g/mol. The summed E-state index contributed by atoms with van der Waals surface area (Å²) in [5.74, 6) is 0. The lowest BCUT2D eigenvalue weighted by atomic mass is 10.2. The highest BCUT2D eigenvalue weighted by atomic mass is 35.5. The monoisotopic (exact) mass is 268 g/mol. The summed E-state index contributed by atoms with van der Waals surface area (Å²) >= 11 is 11.9. The fourth-order valence-corrected chi connectivity index (χ4v) is 2.00. The third-order valence-electron chi connectivity index (χ3n) is 2.46. The maximum absolute atomic E-state index is 10.9. The van der Waals surface area contributed by atoms with Crippen molar-refractivity contribution in [2.75, 3.05) is 0 Å². The fourth-order valence-electron chi connectivity index (χ4n) is 1.58. The summed E-state index contributed by atoms with van der Waals surface area (Å²) in [6, 6.07) is 7.10. The van der Waals surface area contributed by atoms with E-state index in [9.17, 15) is 4.79 Å². The van der Waals surface area contributed by atoms with Crippen LogP contribution in [-0.2, 0) is 6.42 Å². The van der Waals surface area contributed by atoms with Crippen LogP contribution in [0.1, 0.15) is 23.0 Å². The summed E-state index contributed by atoms with van der Waals surface area (Å²) in [7, 11) is 0. The molecule has 0 bridgehead atoms. The minimum absolute atomic E-state index is 0.333. The number of carbonyl (C=O) groups excluding carboxylic acids is 1. The van der Waals surface area contributed by atoms with E-state index in [0.29, 0.717) is 27.9 Å². The van der Waals surface area contributed by atoms with Crippen LogP contribution < -0.4 is 0 Å². The molecule has 17 heavy (non-hydrogen) atoms. The number of aromatic nitrogens is 2. The Balaban J connectivity index is 2.56. The maximum Gasteiger partial charge on any atom is 0.155 e. The van der Waals surface area contributed by atoms with Gasteiger partial charge in [0.15, 0.2) is 6.29 Å². The Labute approximate surface area is 109 Å². The molecule has 0 spiro atoms. The normalized spacial score (nSPS) is 10.5. The zero-order valence-corrected chi connectivity index (χ0v) is 10.7. The summed E-state index contributed by atoms with van der Waals surface area (Å²) in [5, 5.41) is 5.28. The first-order valence-electron chi connectivity index (χ1n) is 5.16. The Bertz CT molecular complexity index is 546. The molecule has 0 saturated heterocycles. The van der Waals surface area contributed by atoms with Crippen LogP contribution in [0.15, 0.2) is 24.3 Å². The molecule has 1 heterocycles. The Morgan fingerprint density at radius 1 is 1.29 bits per heavy atom. The van der Waals surface area contributed by atoms with Crippen LogP contribution in [0.4, 0.5) is 0 Å². The lowest BCUT2D eigenvalue weighted by molar-refractivity contribution is 0.112. The first-order chi connectivity index (χ1) is 8.17. The number of benzene rings is 1. The van der Waals surface area contributed by atoms with Gasteiger partial charge in [-0.2, -0.15) is 5.10 Å². The van der Waals surface area contributed by atoms with Crippen molar-refractivity contribution in [3.05, 3.63) is 45.7 Å². The van der Waals surface area contributed by atoms with E-state index in [1.807, 2.05) is 6.92 Å². The molecule has 2 aromatic rings. The van der Waals surface area contributed by atoms with Crippen LogP contribution in [0, 0.1) is 0 Å². The van der Waals surface area contributed by atoms with E-state index in [4.69, 9.17) is 23.2 Å². The van der Waals surface area contributed by atoms with Crippen LogP contribution in [0.25, 0.3) is 5.69 Å². The van der Waals surface area contributed by atoms with Crippen molar-refractivity contribution in [3.8, 4) is 5.69 Å². The molecule has 88 valence electrons. The molecule has 0 N–H and O–H groups in total. The van der Waals surface area contributed by atoms with Gasteiger partial charge in [-0.05, 0) is 30.7 Å². The lowest BCUT2D eigenvalue weighted by Crippen LogP contribution is -1.96. The minimum Gasteiger partial charge on any atom is -0.298 e. The molecule has 0 amide bonds. The highest BCUT2D eigenvalue weighted by Crippen LogP contribution is 2.23. The van der Waals surface area contributed by atoms with Gasteiger partial charge in [0.05, 0.1) is 16.9 Å². The minimum atomic E-state index is 0.333. The lowest BCUT2D eigenvalue weighted by Gasteiger charge is -2.02. The second-order valence-corrected chi connectivity index (χ2v) is 4.31. The van der Waals surface area contributed by atoms with Crippen LogP contribution >= 0.6 is 23.2 Å². The van der Waals surface area contributed by atoms with E-state index in [2.05, 4.69) is 5.10 Å². The van der Waals surface area contributed by atoms with Crippen LogP contribution in [-0.4, -0.2) is 16.1 Å². The van der Waals surface area contributed by atoms with Crippen LogP contribution in [0.3, 0.4) is 0 Å². The molecule has 0 aliphatic heterocycles. The van der Waals surface area contributed by atoms with Gasteiger partial charge in [-0.15, -0.1) is 0 Å². The molecule has 0 saturated carbocycles. The number of nitrogens with zero attached hydrogens (tertiary/aromatic N) is 2. The SMILES string of the molecule is CCc1nn(-c2ccc(Cl)cc2)c(Cl)c1C=O. The largest absolute Gasteiger partial charge is 0.298 e. The predicted molar refractivity (Wildman–Crippen MR) is 68.3 cm³/mol. The van der Waals surface area contributed by atoms with Crippen molar-refractivity contribution in [2.45, 2.75) is 13.3 Å². The molecule has 0 fully saturated rings. The summed E-state index contributed by atoms with van der Waals surface area (Å²) in [5.41, 5.74) is 1.92. The Morgan fingerprint density at radius 3 is 2.41 bits per heavy atom. The van der Waals surface area contributed by atoms with E-state index in [1.54, 1.807) is 28.9 Å². The number of aldehydes is 1. The zero-order chi connectivity index (χ0) is 12.4. The number of aryl methyl sites for hydroxylation is 1. The van der Waals surface area contributed by atoms with E-state index in [-0.39, 0.29) is 0 Å². The number of hydrogen-bond donors (Lipinski definition) is 0. The van der Waals surface area contributed by atoms with Crippen molar-refractivity contribution in [1.82, 2.24) is 9.78 Å². The highest BCUT2D eigenvalue weighted by Gasteiger charge is 2.15. The topological polar surface area (TPSA) is 34.9 Å². The van der Waals surface area contributed by atoms with Gasteiger partial charge in [-0.1, -0.05) is 30.1 Å². The Morgan fingerprint density at radius 2 is 1.94 bits per heavy atom. The number of hydrogen-bond acceptors (Lipinski definition) is 2. The Kier molecular flexibility index (Phi) is 3.50. The van der Waals surface area contributed by atoms with E-state index in [1.165, 1.54) is 0 Å². The van der Waals surface area contributed by atoms with Gasteiger partial charge < -0.3 is 0 Å². The third-order valence-corrected chi connectivity index (χ3v) is 3.08. The van der Waals surface area contributed by atoms with Crippen molar-refractivity contribution >= 4 is 29.5 Å². The average Bonchev–Trinajstić information content (AvgIpc) is 2.66. The van der Waals surface area contributed by atoms with Gasteiger partial charge in [0.2, 0.25) is 0 Å². The van der Waals surface area contributed by atoms with Crippen molar-refractivity contribution < 1.29 is 4.79 Å². The first-order valence-corrected chi connectivity index (χ1v) is 5.91. The molecule has 5 heteroatoms. The number of carbonyl (C=O) groups is 1. The van der Waals surface area contributed by atoms with Crippen LogP contribution in [0.2, 0.25) is 10.2 Å². The van der Waals surface area contributed by atoms with E-state index < -0.39 is 0 Å². The molecule has 0 aliphatic rings. The zero-order valence-electron chi connectivity index (χ0n) is 9.15. The van der Waals surface area contributed by atoms with E-state index >= 15 is 0 Å². The molecule has 2 rings (SSSR count). The summed E-state index contributed by atoms with van der Waals surface area (Å²) in [6.07, 6.45) is 1.40. The second kappa shape index (κ2) is 4.90. The smallest absolute Gasteiger partial charge is 0.155 e. The van der Waals surface area contributed by atoms with Gasteiger partial charge in [0, 0.05) is 5.02 Å². The molecule has 0 aliphatic carbocycles.